The highest BCUT2D eigenvalue weighted by atomic mass is 32.2. The highest BCUT2D eigenvalue weighted by Gasteiger charge is 2.30. The minimum absolute atomic E-state index is 0.0842. The van der Waals surface area contributed by atoms with Crippen molar-refractivity contribution in [3.8, 4) is 5.75 Å². The Hall–Kier alpha value is -2.65. The molecule has 29 heavy (non-hydrogen) atoms. The summed E-state index contributed by atoms with van der Waals surface area (Å²) in [6, 6.07) is 11.1. The molecule has 1 aliphatic heterocycles. The van der Waals surface area contributed by atoms with Crippen molar-refractivity contribution in [1.29, 1.82) is 0 Å². The predicted molar refractivity (Wildman–Crippen MR) is 119 cm³/mol. The number of thiophene rings is 1. The van der Waals surface area contributed by atoms with Gasteiger partial charge in [-0.25, -0.2) is 0 Å². The van der Waals surface area contributed by atoms with Gasteiger partial charge in [0.15, 0.2) is 5.17 Å². The molecular formula is C20H22N4O3S2. The van der Waals surface area contributed by atoms with Crippen molar-refractivity contribution >= 4 is 51.5 Å². The zero-order chi connectivity index (χ0) is 20.6. The Morgan fingerprint density at radius 1 is 1.31 bits per heavy atom. The van der Waals surface area contributed by atoms with E-state index in [4.69, 9.17) is 4.74 Å². The number of ether oxygens (including phenoxy) is 1. The Balaban J connectivity index is 1.62. The normalized spacial score (nSPS) is 18.4. The number of hydrogen-bond donors (Lipinski definition) is 2. The SMILES string of the molecule is CCCOc1ccc(NC(=O)C2CC(=O)N/C(=N\N=C(/C)c3cccs3)S2)cc1. The number of anilines is 1. The van der Waals surface area contributed by atoms with Crippen molar-refractivity contribution in [3.05, 3.63) is 46.7 Å². The molecule has 152 valence electrons. The van der Waals surface area contributed by atoms with E-state index >= 15 is 0 Å². The Morgan fingerprint density at radius 2 is 2.10 bits per heavy atom. The standard InChI is InChI=1S/C20H22N4O3S2/c1-3-10-27-15-8-6-14(7-9-15)21-19(26)17-12-18(25)22-20(29-17)24-23-13(2)16-5-4-11-28-16/h4-9,11,17H,3,10,12H2,1-2H3,(H,21,26)(H,22,24,25)/b23-13+. The lowest BCUT2D eigenvalue weighted by molar-refractivity contribution is -0.123. The second-order valence-corrected chi connectivity index (χ2v) is 8.43. The minimum atomic E-state index is -0.573. The first-order valence-corrected chi connectivity index (χ1v) is 11.0. The number of carbonyl (C=O) groups is 2. The van der Waals surface area contributed by atoms with Crippen LogP contribution in [0.15, 0.2) is 52.0 Å². The van der Waals surface area contributed by atoms with Crippen LogP contribution >= 0.6 is 23.1 Å². The summed E-state index contributed by atoms with van der Waals surface area (Å²) in [6.45, 7) is 4.54. The third kappa shape index (κ3) is 6.16. The highest BCUT2D eigenvalue weighted by molar-refractivity contribution is 8.15. The molecule has 0 aliphatic carbocycles. The molecule has 2 amide bonds. The van der Waals surface area contributed by atoms with E-state index in [-0.39, 0.29) is 18.2 Å². The molecule has 0 spiro atoms. The van der Waals surface area contributed by atoms with E-state index < -0.39 is 5.25 Å². The van der Waals surface area contributed by atoms with Gasteiger partial charge in [-0.3, -0.25) is 9.59 Å². The van der Waals surface area contributed by atoms with Crippen molar-refractivity contribution in [3.63, 3.8) is 0 Å². The number of amidine groups is 1. The van der Waals surface area contributed by atoms with Crippen molar-refractivity contribution in [2.75, 3.05) is 11.9 Å². The lowest BCUT2D eigenvalue weighted by Gasteiger charge is -2.21. The second kappa shape index (κ2) is 10.2. The molecular weight excluding hydrogens is 408 g/mol. The number of nitrogens with zero attached hydrogens (tertiary/aromatic N) is 2. The van der Waals surface area contributed by atoms with Crippen LogP contribution in [0.4, 0.5) is 5.69 Å². The van der Waals surface area contributed by atoms with Crippen molar-refractivity contribution < 1.29 is 14.3 Å². The molecule has 0 radical (unpaired) electrons. The van der Waals surface area contributed by atoms with Crippen molar-refractivity contribution in [2.24, 2.45) is 10.2 Å². The third-order valence-electron chi connectivity index (χ3n) is 3.93. The summed E-state index contributed by atoms with van der Waals surface area (Å²) in [5.41, 5.74) is 1.40. The molecule has 2 N–H and O–H groups in total. The summed E-state index contributed by atoms with van der Waals surface area (Å²) in [6.07, 6.45) is 1.01. The van der Waals surface area contributed by atoms with E-state index in [9.17, 15) is 9.59 Å². The van der Waals surface area contributed by atoms with Gasteiger partial charge in [0.25, 0.3) is 0 Å². The summed E-state index contributed by atoms with van der Waals surface area (Å²) in [5, 5.41) is 15.5. The Kier molecular flexibility index (Phi) is 7.42. The van der Waals surface area contributed by atoms with Gasteiger partial charge in [-0.1, -0.05) is 24.8 Å². The fraction of sp³-hybridized carbons (Fsp3) is 0.300. The van der Waals surface area contributed by atoms with E-state index in [0.717, 1.165) is 22.8 Å². The maximum absolute atomic E-state index is 12.6. The first kappa shape index (κ1) is 21.1. The van der Waals surface area contributed by atoms with Crippen LogP contribution in [0.1, 0.15) is 31.6 Å². The average Bonchev–Trinajstić information content (AvgIpc) is 3.26. The lowest BCUT2D eigenvalue weighted by atomic mass is 10.2. The van der Waals surface area contributed by atoms with Gasteiger partial charge in [0.05, 0.1) is 17.2 Å². The van der Waals surface area contributed by atoms with Gasteiger partial charge in [0.1, 0.15) is 11.0 Å². The number of nitrogens with one attached hydrogen (secondary N) is 2. The van der Waals surface area contributed by atoms with Crippen LogP contribution in [0.5, 0.6) is 5.75 Å². The van der Waals surface area contributed by atoms with Crippen molar-refractivity contribution in [2.45, 2.75) is 31.9 Å². The van der Waals surface area contributed by atoms with Gasteiger partial charge in [0, 0.05) is 12.1 Å². The minimum Gasteiger partial charge on any atom is -0.494 e. The molecule has 2 aromatic rings. The molecule has 1 saturated heterocycles. The highest BCUT2D eigenvalue weighted by Crippen LogP contribution is 2.23. The van der Waals surface area contributed by atoms with E-state index in [0.29, 0.717) is 17.5 Å². The number of hydrogen-bond acceptors (Lipinski definition) is 7. The maximum atomic E-state index is 12.6. The first-order chi connectivity index (χ1) is 14.0. The van der Waals surface area contributed by atoms with Crippen LogP contribution in [0.25, 0.3) is 0 Å². The van der Waals surface area contributed by atoms with E-state index in [2.05, 4.69) is 20.8 Å². The molecule has 7 nitrogen and oxygen atoms in total. The van der Waals surface area contributed by atoms with Crippen LogP contribution in [0, 0.1) is 0 Å². The summed E-state index contributed by atoms with van der Waals surface area (Å²) in [7, 11) is 0. The number of carbonyl (C=O) groups excluding carboxylic acids is 2. The van der Waals surface area contributed by atoms with Crippen molar-refractivity contribution in [1.82, 2.24) is 5.32 Å². The zero-order valence-corrected chi connectivity index (χ0v) is 17.8. The molecule has 1 aromatic carbocycles. The molecule has 1 fully saturated rings. The molecule has 1 atom stereocenters. The molecule has 0 saturated carbocycles. The quantitative estimate of drug-likeness (QED) is 0.515. The smallest absolute Gasteiger partial charge is 0.238 e. The summed E-state index contributed by atoms with van der Waals surface area (Å²) in [5.74, 6) is 0.248. The number of benzene rings is 1. The van der Waals surface area contributed by atoms with Gasteiger partial charge < -0.3 is 15.4 Å². The van der Waals surface area contributed by atoms with Crippen LogP contribution in [0.2, 0.25) is 0 Å². The topological polar surface area (TPSA) is 92.1 Å². The van der Waals surface area contributed by atoms with Crippen LogP contribution in [-0.2, 0) is 9.59 Å². The monoisotopic (exact) mass is 430 g/mol. The number of rotatable bonds is 7. The van der Waals surface area contributed by atoms with Gasteiger partial charge in [-0.05, 0) is 49.1 Å². The largest absolute Gasteiger partial charge is 0.494 e. The Bertz CT molecular complexity index is 908. The molecule has 0 bridgehead atoms. The summed E-state index contributed by atoms with van der Waals surface area (Å²) in [4.78, 5) is 25.6. The van der Waals surface area contributed by atoms with Crippen LogP contribution in [-0.4, -0.2) is 34.6 Å². The molecule has 3 rings (SSSR count). The fourth-order valence-electron chi connectivity index (χ4n) is 2.47. The Morgan fingerprint density at radius 3 is 2.79 bits per heavy atom. The third-order valence-corrected chi connectivity index (χ3v) is 5.98. The molecule has 1 aliphatic rings. The maximum Gasteiger partial charge on any atom is 0.238 e. The average molecular weight is 431 g/mol. The zero-order valence-electron chi connectivity index (χ0n) is 16.2. The molecule has 1 aromatic heterocycles. The predicted octanol–water partition coefficient (Wildman–Crippen LogP) is 3.88. The second-order valence-electron chi connectivity index (χ2n) is 6.29. The number of thioether (sulfide) groups is 1. The first-order valence-electron chi connectivity index (χ1n) is 9.21. The summed E-state index contributed by atoms with van der Waals surface area (Å²) < 4.78 is 5.54. The van der Waals surface area contributed by atoms with Gasteiger partial charge in [-0.2, -0.15) is 5.10 Å². The van der Waals surface area contributed by atoms with Gasteiger partial charge >= 0.3 is 0 Å². The lowest BCUT2D eigenvalue weighted by Crippen LogP contribution is -2.41. The van der Waals surface area contributed by atoms with E-state index in [1.54, 1.807) is 35.6 Å². The molecule has 9 heteroatoms. The van der Waals surface area contributed by atoms with Crippen LogP contribution < -0.4 is 15.4 Å². The van der Waals surface area contributed by atoms with Crippen LogP contribution in [0.3, 0.4) is 0 Å². The summed E-state index contributed by atoms with van der Waals surface area (Å²) >= 11 is 2.76. The van der Waals surface area contributed by atoms with E-state index in [1.165, 1.54) is 11.8 Å². The van der Waals surface area contributed by atoms with Gasteiger partial charge in [-0.15, -0.1) is 16.4 Å². The van der Waals surface area contributed by atoms with Gasteiger partial charge in [0.2, 0.25) is 11.8 Å². The Labute approximate surface area is 177 Å². The number of amides is 2. The molecule has 2 heterocycles. The van der Waals surface area contributed by atoms with E-state index in [1.807, 2.05) is 31.4 Å². The fourth-order valence-corrected chi connectivity index (χ4v) is 4.07. The molecule has 1 unspecified atom stereocenters.